The van der Waals surface area contributed by atoms with Crippen LogP contribution in [0.4, 0.5) is 5.69 Å². The Kier molecular flexibility index (Phi) is 4.62. The summed E-state index contributed by atoms with van der Waals surface area (Å²) in [6, 6.07) is 7.41. The van der Waals surface area contributed by atoms with Crippen molar-refractivity contribution in [2.24, 2.45) is 4.99 Å². The first-order valence-corrected chi connectivity index (χ1v) is 9.24. The van der Waals surface area contributed by atoms with Crippen LogP contribution in [0.2, 0.25) is 5.02 Å². The highest BCUT2D eigenvalue weighted by Crippen LogP contribution is 2.37. The average molecular weight is 418 g/mol. The number of ether oxygens (including phenoxy) is 2. The van der Waals surface area contributed by atoms with Gasteiger partial charge in [-0.15, -0.1) is 6.58 Å². The maximum Gasteiger partial charge on any atom is 0.286 e. The molecule has 0 bridgehead atoms. The smallest absolute Gasteiger partial charge is 0.286 e. The van der Waals surface area contributed by atoms with Gasteiger partial charge >= 0.3 is 0 Å². The standard InChI is InChI=1S/C18H12ClN3O5S/c1-2-5-21-13-7-14-15(27-9-26-14)8-16(13)28-18(21)20-17(23)11-6-10(19)3-4-12(11)22(24)25/h2-4,6-8H,1,5,9H2. The van der Waals surface area contributed by atoms with Gasteiger partial charge in [0.2, 0.25) is 6.79 Å². The molecule has 3 aromatic rings. The number of allylic oxidation sites excluding steroid dienone is 1. The molecule has 0 spiro atoms. The average Bonchev–Trinajstić information content (AvgIpc) is 3.24. The van der Waals surface area contributed by atoms with Crippen molar-refractivity contribution < 1.29 is 19.2 Å². The van der Waals surface area contributed by atoms with Crippen LogP contribution in [0.3, 0.4) is 0 Å². The molecular formula is C18H12ClN3O5S. The Bertz CT molecular complexity index is 1210. The van der Waals surface area contributed by atoms with E-state index in [9.17, 15) is 14.9 Å². The maximum absolute atomic E-state index is 12.7. The third-order valence-electron chi connectivity index (χ3n) is 4.07. The second-order valence-corrected chi connectivity index (χ2v) is 7.24. The maximum atomic E-state index is 12.7. The summed E-state index contributed by atoms with van der Waals surface area (Å²) in [7, 11) is 0. The van der Waals surface area contributed by atoms with Crippen LogP contribution in [0.15, 0.2) is 48.0 Å². The first-order chi connectivity index (χ1) is 13.5. The molecule has 142 valence electrons. The van der Waals surface area contributed by atoms with E-state index in [4.69, 9.17) is 21.1 Å². The van der Waals surface area contributed by atoms with Crippen LogP contribution < -0.4 is 14.3 Å². The van der Waals surface area contributed by atoms with E-state index < -0.39 is 10.8 Å². The highest BCUT2D eigenvalue weighted by Gasteiger charge is 2.21. The number of nitro benzene ring substituents is 1. The molecule has 10 heteroatoms. The lowest BCUT2D eigenvalue weighted by Crippen LogP contribution is -2.16. The quantitative estimate of drug-likeness (QED) is 0.364. The lowest BCUT2D eigenvalue weighted by atomic mass is 10.2. The second-order valence-electron chi connectivity index (χ2n) is 5.79. The van der Waals surface area contributed by atoms with Crippen molar-refractivity contribution in [1.82, 2.24) is 4.57 Å². The molecule has 0 saturated heterocycles. The molecule has 0 N–H and O–H groups in total. The number of nitrogens with zero attached hydrogens (tertiary/aromatic N) is 3. The fraction of sp³-hybridized carbons (Fsp3) is 0.111. The van der Waals surface area contributed by atoms with Gasteiger partial charge in [-0.2, -0.15) is 4.99 Å². The monoisotopic (exact) mass is 417 g/mol. The van der Waals surface area contributed by atoms with E-state index in [0.29, 0.717) is 22.8 Å². The number of carbonyl (C=O) groups excluding carboxylic acids is 1. The molecule has 0 fully saturated rings. The van der Waals surface area contributed by atoms with Gasteiger partial charge in [0, 0.05) is 29.8 Å². The number of carbonyl (C=O) groups is 1. The largest absolute Gasteiger partial charge is 0.454 e. The summed E-state index contributed by atoms with van der Waals surface area (Å²) in [4.78, 5) is 27.8. The third kappa shape index (κ3) is 3.14. The molecule has 28 heavy (non-hydrogen) atoms. The van der Waals surface area contributed by atoms with Gasteiger partial charge < -0.3 is 14.0 Å². The van der Waals surface area contributed by atoms with E-state index in [1.165, 1.54) is 29.5 Å². The number of rotatable bonds is 4. The van der Waals surface area contributed by atoms with Crippen LogP contribution in [0.5, 0.6) is 11.5 Å². The molecule has 2 aromatic carbocycles. The predicted molar refractivity (Wildman–Crippen MR) is 104 cm³/mol. The fourth-order valence-electron chi connectivity index (χ4n) is 2.84. The van der Waals surface area contributed by atoms with Gasteiger partial charge in [0.1, 0.15) is 5.56 Å². The summed E-state index contributed by atoms with van der Waals surface area (Å²) in [5, 5.41) is 11.5. The Balaban J connectivity index is 1.89. The minimum absolute atomic E-state index is 0.155. The molecule has 8 nitrogen and oxygen atoms in total. The normalized spacial score (nSPS) is 13.1. The molecule has 1 aliphatic heterocycles. The van der Waals surface area contributed by atoms with Crippen molar-refractivity contribution in [1.29, 1.82) is 0 Å². The van der Waals surface area contributed by atoms with Gasteiger partial charge in [0.25, 0.3) is 11.6 Å². The minimum Gasteiger partial charge on any atom is -0.454 e. The minimum atomic E-state index is -0.751. The van der Waals surface area contributed by atoms with Gasteiger partial charge in [-0.1, -0.05) is 29.0 Å². The van der Waals surface area contributed by atoms with E-state index in [1.54, 1.807) is 10.6 Å². The Morgan fingerprint density at radius 1 is 1.36 bits per heavy atom. The third-order valence-corrected chi connectivity index (χ3v) is 5.35. The van der Waals surface area contributed by atoms with Crippen LogP contribution >= 0.6 is 22.9 Å². The number of amides is 1. The topological polar surface area (TPSA) is 96.0 Å². The fourth-order valence-corrected chi connectivity index (χ4v) is 4.06. The Morgan fingerprint density at radius 3 is 2.82 bits per heavy atom. The second kappa shape index (κ2) is 7.10. The van der Waals surface area contributed by atoms with Gasteiger partial charge in [-0.25, -0.2) is 0 Å². The number of nitro groups is 1. The van der Waals surface area contributed by atoms with E-state index in [-0.39, 0.29) is 23.1 Å². The van der Waals surface area contributed by atoms with Gasteiger partial charge in [-0.05, 0) is 12.1 Å². The SMILES string of the molecule is C=CCn1c(=NC(=O)c2cc(Cl)ccc2[N+](=O)[O-])sc2cc3c(cc21)OCO3. The molecule has 2 heterocycles. The van der Waals surface area contributed by atoms with Crippen molar-refractivity contribution in [3.05, 3.63) is 68.5 Å². The summed E-state index contributed by atoms with van der Waals surface area (Å²) < 4.78 is 13.4. The van der Waals surface area contributed by atoms with Gasteiger partial charge in [0.15, 0.2) is 16.3 Å². The summed E-state index contributed by atoms with van der Waals surface area (Å²) in [6.45, 7) is 4.28. The van der Waals surface area contributed by atoms with E-state index >= 15 is 0 Å². The van der Waals surface area contributed by atoms with Crippen molar-refractivity contribution in [3.8, 4) is 11.5 Å². The lowest BCUT2D eigenvalue weighted by Gasteiger charge is -2.02. The number of hydrogen-bond donors (Lipinski definition) is 0. The highest BCUT2D eigenvalue weighted by atomic mass is 35.5. The number of fused-ring (bicyclic) bond motifs is 2. The first-order valence-electron chi connectivity index (χ1n) is 8.05. The van der Waals surface area contributed by atoms with Crippen molar-refractivity contribution in [3.63, 3.8) is 0 Å². The molecule has 4 rings (SSSR count). The molecule has 0 aliphatic carbocycles. The van der Waals surface area contributed by atoms with Crippen molar-refractivity contribution >= 4 is 44.7 Å². The van der Waals surface area contributed by atoms with E-state index in [1.807, 2.05) is 12.1 Å². The van der Waals surface area contributed by atoms with Crippen LogP contribution in [-0.4, -0.2) is 22.2 Å². The van der Waals surface area contributed by atoms with Crippen LogP contribution in [-0.2, 0) is 6.54 Å². The van der Waals surface area contributed by atoms with E-state index in [0.717, 1.165) is 10.2 Å². The Labute approximate surface area is 167 Å². The summed E-state index contributed by atoms with van der Waals surface area (Å²) >= 11 is 7.17. The summed E-state index contributed by atoms with van der Waals surface area (Å²) in [5.41, 5.74) is 0.269. The molecule has 1 amide bonds. The number of halogens is 1. The highest BCUT2D eigenvalue weighted by molar-refractivity contribution is 7.16. The Morgan fingerprint density at radius 2 is 2.11 bits per heavy atom. The molecule has 1 aromatic heterocycles. The van der Waals surface area contributed by atoms with Gasteiger partial charge in [-0.3, -0.25) is 14.9 Å². The predicted octanol–water partition coefficient (Wildman–Crippen LogP) is 3.92. The van der Waals surface area contributed by atoms with Gasteiger partial charge in [0.05, 0.1) is 15.1 Å². The first kappa shape index (κ1) is 18.2. The molecule has 1 aliphatic rings. The van der Waals surface area contributed by atoms with Crippen LogP contribution in [0.1, 0.15) is 10.4 Å². The van der Waals surface area contributed by atoms with Crippen LogP contribution in [0.25, 0.3) is 10.2 Å². The lowest BCUT2D eigenvalue weighted by molar-refractivity contribution is -0.385. The number of hydrogen-bond acceptors (Lipinski definition) is 6. The van der Waals surface area contributed by atoms with Crippen molar-refractivity contribution in [2.45, 2.75) is 6.54 Å². The zero-order valence-corrected chi connectivity index (χ0v) is 15.8. The number of aromatic nitrogens is 1. The molecule has 0 radical (unpaired) electrons. The summed E-state index contributed by atoms with van der Waals surface area (Å²) in [5.74, 6) is 0.466. The molecule has 0 saturated carbocycles. The molecular weight excluding hydrogens is 406 g/mol. The Hall–Kier alpha value is -3.17. The van der Waals surface area contributed by atoms with E-state index in [2.05, 4.69) is 11.6 Å². The summed E-state index contributed by atoms with van der Waals surface area (Å²) in [6.07, 6.45) is 1.67. The van der Waals surface area contributed by atoms with Crippen LogP contribution in [0, 0.1) is 10.1 Å². The number of benzene rings is 2. The number of thiazole rings is 1. The zero-order chi connectivity index (χ0) is 19.8. The van der Waals surface area contributed by atoms with Crippen molar-refractivity contribution in [2.75, 3.05) is 6.79 Å². The molecule has 0 unspecified atom stereocenters. The zero-order valence-electron chi connectivity index (χ0n) is 14.3. The molecule has 0 atom stereocenters.